The molecule has 0 bridgehead atoms. The Morgan fingerprint density at radius 1 is 1.21 bits per heavy atom. The van der Waals surface area contributed by atoms with Gasteiger partial charge in [0.2, 0.25) is 5.91 Å². The van der Waals surface area contributed by atoms with E-state index in [1.165, 1.54) is 0 Å². The number of carbonyl (C=O) groups excluding carboxylic acids is 1. The first kappa shape index (κ1) is 12.0. The van der Waals surface area contributed by atoms with Crippen LogP contribution in [-0.4, -0.2) is 21.9 Å². The molecule has 2 unspecified atom stereocenters. The zero-order valence-electron chi connectivity index (χ0n) is 10.5. The van der Waals surface area contributed by atoms with Crippen molar-refractivity contribution in [2.24, 2.45) is 11.7 Å². The SMILES string of the molecule is NC1CCCC1C(=O)Nc1ccc2nccnc2c1. The summed E-state index contributed by atoms with van der Waals surface area (Å²) in [7, 11) is 0. The van der Waals surface area contributed by atoms with Crippen LogP contribution in [0.2, 0.25) is 0 Å². The Hall–Kier alpha value is -2.01. The van der Waals surface area contributed by atoms with Crippen LogP contribution in [0.4, 0.5) is 5.69 Å². The van der Waals surface area contributed by atoms with Gasteiger partial charge < -0.3 is 11.1 Å². The third-order valence-electron chi connectivity index (χ3n) is 3.64. The molecule has 2 atom stereocenters. The molecule has 98 valence electrons. The van der Waals surface area contributed by atoms with Crippen LogP contribution in [-0.2, 0) is 4.79 Å². The molecule has 3 rings (SSSR count). The van der Waals surface area contributed by atoms with Crippen LogP contribution >= 0.6 is 0 Å². The third kappa shape index (κ3) is 2.42. The molecule has 19 heavy (non-hydrogen) atoms. The summed E-state index contributed by atoms with van der Waals surface area (Å²) in [6, 6.07) is 5.52. The van der Waals surface area contributed by atoms with E-state index in [-0.39, 0.29) is 17.9 Å². The van der Waals surface area contributed by atoms with Crippen molar-refractivity contribution in [2.75, 3.05) is 5.32 Å². The summed E-state index contributed by atoms with van der Waals surface area (Å²) in [5, 5.41) is 2.92. The maximum atomic E-state index is 12.1. The number of nitrogens with one attached hydrogen (secondary N) is 1. The fourth-order valence-corrected chi connectivity index (χ4v) is 2.59. The minimum Gasteiger partial charge on any atom is -0.327 e. The molecule has 1 aromatic heterocycles. The number of carbonyl (C=O) groups is 1. The van der Waals surface area contributed by atoms with Gasteiger partial charge in [0, 0.05) is 24.1 Å². The van der Waals surface area contributed by atoms with Crippen molar-refractivity contribution in [1.29, 1.82) is 0 Å². The molecular weight excluding hydrogens is 240 g/mol. The Kier molecular flexibility index (Phi) is 3.13. The Bertz CT molecular complexity index is 613. The van der Waals surface area contributed by atoms with E-state index in [1.807, 2.05) is 18.2 Å². The quantitative estimate of drug-likeness (QED) is 0.856. The van der Waals surface area contributed by atoms with Gasteiger partial charge in [0.05, 0.1) is 17.0 Å². The maximum Gasteiger partial charge on any atom is 0.229 e. The van der Waals surface area contributed by atoms with Crippen molar-refractivity contribution < 1.29 is 4.79 Å². The predicted molar refractivity (Wildman–Crippen MR) is 73.5 cm³/mol. The first-order chi connectivity index (χ1) is 9.24. The second kappa shape index (κ2) is 4.93. The molecule has 1 fully saturated rings. The summed E-state index contributed by atoms with van der Waals surface area (Å²) in [5.41, 5.74) is 8.28. The summed E-state index contributed by atoms with van der Waals surface area (Å²) >= 11 is 0. The lowest BCUT2D eigenvalue weighted by atomic mass is 10.0. The Labute approximate surface area is 111 Å². The van der Waals surface area contributed by atoms with Crippen molar-refractivity contribution in [2.45, 2.75) is 25.3 Å². The number of anilines is 1. The number of nitrogens with zero attached hydrogens (tertiary/aromatic N) is 2. The molecule has 1 aliphatic carbocycles. The van der Waals surface area contributed by atoms with Gasteiger partial charge in [-0.2, -0.15) is 0 Å². The lowest BCUT2D eigenvalue weighted by Crippen LogP contribution is -2.34. The molecule has 1 saturated carbocycles. The van der Waals surface area contributed by atoms with Crippen LogP contribution < -0.4 is 11.1 Å². The fourth-order valence-electron chi connectivity index (χ4n) is 2.59. The molecule has 1 amide bonds. The first-order valence-electron chi connectivity index (χ1n) is 6.51. The van der Waals surface area contributed by atoms with Gasteiger partial charge in [0.15, 0.2) is 0 Å². The van der Waals surface area contributed by atoms with Crippen molar-refractivity contribution >= 4 is 22.6 Å². The van der Waals surface area contributed by atoms with E-state index in [9.17, 15) is 4.79 Å². The second-order valence-corrected chi connectivity index (χ2v) is 4.95. The maximum absolute atomic E-state index is 12.1. The molecule has 2 aromatic rings. The number of rotatable bonds is 2. The summed E-state index contributed by atoms with van der Waals surface area (Å²) in [5.74, 6) is -0.0641. The highest BCUT2D eigenvalue weighted by Crippen LogP contribution is 2.25. The standard InChI is InChI=1S/C14H16N4O/c15-11-3-1-2-10(11)14(19)18-9-4-5-12-13(8-9)17-7-6-16-12/h4-8,10-11H,1-3,15H2,(H,18,19). The van der Waals surface area contributed by atoms with Gasteiger partial charge >= 0.3 is 0 Å². The molecule has 3 N–H and O–H groups in total. The van der Waals surface area contributed by atoms with E-state index >= 15 is 0 Å². The van der Waals surface area contributed by atoms with Gasteiger partial charge in [0.1, 0.15) is 0 Å². The minimum absolute atomic E-state index is 0.00763. The summed E-state index contributed by atoms with van der Waals surface area (Å²) in [4.78, 5) is 20.6. The molecule has 0 radical (unpaired) electrons. The molecule has 1 heterocycles. The smallest absolute Gasteiger partial charge is 0.229 e. The molecule has 5 heteroatoms. The summed E-state index contributed by atoms with van der Waals surface area (Å²) < 4.78 is 0. The highest BCUT2D eigenvalue weighted by molar-refractivity contribution is 5.94. The van der Waals surface area contributed by atoms with E-state index < -0.39 is 0 Å². The summed E-state index contributed by atoms with van der Waals surface area (Å²) in [6.45, 7) is 0. The van der Waals surface area contributed by atoms with Gasteiger partial charge in [-0.25, -0.2) is 0 Å². The van der Waals surface area contributed by atoms with Crippen LogP contribution in [0.1, 0.15) is 19.3 Å². The average molecular weight is 256 g/mol. The number of aromatic nitrogens is 2. The highest BCUT2D eigenvalue weighted by atomic mass is 16.1. The summed E-state index contributed by atoms with van der Waals surface area (Å²) in [6.07, 6.45) is 6.13. The van der Waals surface area contributed by atoms with Crippen molar-refractivity contribution in [1.82, 2.24) is 9.97 Å². The normalized spacial score (nSPS) is 22.6. The van der Waals surface area contributed by atoms with Crippen LogP contribution in [0.25, 0.3) is 11.0 Å². The van der Waals surface area contributed by atoms with Crippen LogP contribution in [0.3, 0.4) is 0 Å². The van der Waals surface area contributed by atoms with Crippen LogP contribution in [0, 0.1) is 5.92 Å². The van der Waals surface area contributed by atoms with Gasteiger partial charge in [-0.15, -0.1) is 0 Å². The fraction of sp³-hybridized carbons (Fsp3) is 0.357. The number of hydrogen-bond acceptors (Lipinski definition) is 4. The van der Waals surface area contributed by atoms with Crippen LogP contribution in [0.5, 0.6) is 0 Å². The van der Waals surface area contributed by atoms with Crippen molar-refractivity contribution in [3.8, 4) is 0 Å². The molecule has 5 nitrogen and oxygen atoms in total. The molecular formula is C14H16N4O. The third-order valence-corrected chi connectivity index (χ3v) is 3.64. The van der Waals surface area contributed by atoms with Gasteiger partial charge in [-0.3, -0.25) is 14.8 Å². The van der Waals surface area contributed by atoms with E-state index in [1.54, 1.807) is 12.4 Å². The molecule has 0 saturated heterocycles. The Morgan fingerprint density at radius 2 is 2.00 bits per heavy atom. The molecule has 0 aliphatic heterocycles. The number of nitrogens with two attached hydrogens (primary N) is 1. The Morgan fingerprint density at radius 3 is 2.74 bits per heavy atom. The minimum atomic E-state index is -0.0717. The number of amides is 1. The van der Waals surface area contributed by atoms with Gasteiger partial charge in [-0.1, -0.05) is 6.42 Å². The molecule has 0 spiro atoms. The zero-order chi connectivity index (χ0) is 13.2. The van der Waals surface area contributed by atoms with Gasteiger partial charge in [-0.05, 0) is 31.0 Å². The van der Waals surface area contributed by atoms with Crippen molar-refractivity contribution in [3.63, 3.8) is 0 Å². The zero-order valence-corrected chi connectivity index (χ0v) is 10.5. The lowest BCUT2D eigenvalue weighted by Gasteiger charge is -2.15. The molecule has 1 aromatic carbocycles. The predicted octanol–water partition coefficient (Wildman–Crippen LogP) is 1.70. The molecule has 1 aliphatic rings. The Balaban J connectivity index is 1.79. The van der Waals surface area contributed by atoms with E-state index in [0.29, 0.717) is 0 Å². The van der Waals surface area contributed by atoms with E-state index in [2.05, 4.69) is 15.3 Å². The van der Waals surface area contributed by atoms with E-state index in [0.717, 1.165) is 36.0 Å². The van der Waals surface area contributed by atoms with E-state index in [4.69, 9.17) is 5.73 Å². The monoisotopic (exact) mass is 256 g/mol. The average Bonchev–Trinajstić information content (AvgIpc) is 2.85. The topological polar surface area (TPSA) is 80.9 Å². The van der Waals surface area contributed by atoms with Crippen molar-refractivity contribution in [3.05, 3.63) is 30.6 Å². The number of fused-ring (bicyclic) bond motifs is 1. The second-order valence-electron chi connectivity index (χ2n) is 4.95. The van der Waals surface area contributed by atoms with Crippen LogP contribution in [0.15, 0.2) is 30.6 Å². The first-order valence-corrected chi connectivity index (χ1v) is 6.51. The number of benzene rings is 1. The number of hydrogen-bond donors (Lipinski definition) is 2. The lowest BCUT2D eigenvalue weighted by molar-refractivity contribution is -0.120. The van der Waals surface area contributed by atoms with Gasteiger partial charge in [0.25, 0.3) is 0 Å². The highest BCUT2D eigenvalue weighted by Gasteiger charge is 2.30. The largest absolute Gasteiger partial charge is 0.327 e.